The zero-order valence-electron chi connectivity index (χ0n) is 16.0. The van der Waals surface area contributed by atoms with Crippen molar-refractivity contribution in [2.24, 2.45) is 0 Å². The fraction of sp³-hybridized carbons (Fsp3) is 0.500. The number of likely N-dealkylation sites (N-methyl/N-ethyl adjacent to an activating group) is 1. The van der Waals surface area contributed by atoms with Gasteiger partial charge in [0.1, 0.15) is 0 Å². The molecular weight excluding hydrogens is 340 g/mol. The van der Waals surface area contributed by atoms with Gasteiger partial charge in [-0.3, -0.25) is 14.6 Å². The highest BCUT2D eigenvalue weighted by Gasteiger charge is 2.24. The van der Waals surface area contributed by atoms with E-state index in [0.717, 1.165) is 29.4 Å². The SMILES string of the molecule is CCN(C(=O)COC(=O)CCc1ccc2ccccc2n1)C1CCCCC1. The van der Waals surface area contributed by atoms with Gasteiger partial charge >= 0.3 is 5.97 Å². The average Bonchev–Trinajstić information content (AvgIpc) is 2.72. The van der Waals surface area contributed by atoms with Crippen molar-refractivity contribution in [2.45, 2.75) is 57.9 Å². The maximum atomic E-state index is 12.4. The van der Waals surface area contributed by atoms with Crippen molar-refractivity contribution in [2.75, 3.05) is 13.2 Å². The molecule has 27 heavy (non-hydrogen) atoms. The number of rotatable bonds is 7. The summed E-state index contributed by atoms with van der Waals surface area (Å²) in [5.41, 5.74) is 1.78. The van der Waals surface area contributed by atoms with E-state index in [4.69, 9.17) is 4.74 Å². The number of fused-ring (bicyclic) bond motifs is 1. The predicted molar refractivity (Wildman–Crippen MR) is 105 cm³/mol. The molecule has 1 aromatic heterocycles. The molecule has 144 valence electrons. The normalized spacial score (nSPS) is 14.9. The molecule has 1 saturated carbocycles. The van der Waals surface area contributed by atoms with Crippen LogP contribution in [0.3, 0.4) is 0 Å². The van der Waals surface area contributed by atoms with Crippen LogP contribution in [0.15, 0.2) is 36.4 Å². The van der Waals surface area contributed by atoms with Crippen LogP contribution in [-0.2, 0) is 20.7 Å². The number of amides is 1. The number of aromatic nitrogens is 1. The van der Waals surface area contributed by atoms with Gasteiger partial charge in [-0.15, -0.1) is 0 Å². The Balaban J connectivity index is 1.46. The molecule has 0 saturated heterocycles. The fourth-order valence-electron chi connectivity index (χ4n) is 3.81. The predicted octanol–water partition coefficient (Wildman–Crippen LogP) is 3.89. The van der Waals surface area contributed by atoms with Gasteiger partial charge in [-0.25, -0.2) is 0 Å². The number of pyridine rings is 1. The quantitative estimate of drug-likeness (QED) is 0.696. The Morgan fingerprint density at radius 1 is 1.11 bits per heavy atom. The zero-order valence-corrected chi connectivity index (χ0v) is 16.0. The van der Waals surface area contributed by atoms with Gasteiger partial charge in [-0.05, 0) is 31.9 Å². The second-order valence-electron chi connectivity index (χ2n) is 7.13. The Hall–Kier alpha value is -2.43. The lowest BCUT2D eigenvalue weighted by Crippen LogP contribution is -2.43. The Labute approximate surface area is 160 Å². The molecule has 5 heteroatoms. The van der Waals surface area contributed by atoms with Crippen molar-refractivity contribution in [1.82, 2.24) is 9.88 Å². The van der Waals surface area contributed by atoms with Gasteiger partial charge in [0, 0.05) is 30.1 Å². The molecule has 0 radical (unpaired) electrons. The van der Waals surface area contributed by atoms with E-state index in [0.29, 0.717) is 19.0 Å². The second kappa shape index (κ2) is 9.49. The molecule has 0 spiro atoms. The van der Waals surface area contributed by atoms with Crippen molar-refractivity contribution >= 4 is 22.8 Å². The van der Waals surface area contributed by atoms with Crippen LogP contribution in [0.1, 0.15) is 51.1 Å². The van der Waals surface area contributed by atoms with Crippen molar-refractivity contribution < 1.29 is 14.3 Å². The molecule has 1 heterocycles. The van der Waals surface area contributed by atoms with Crippen LogP contribution in [0, 0.1) is 0 Å². The van der Waals surface area contributed by atoms with E-state index >= 15 is 0 Å². The molecule has 1 aromatic carbocycles. The highest BCUT2D eigenvalue weighted by molar-refractivity contribution is 5.81. The number of benzene rings is 1. The minimum absolute atomic E-state index is 0.0819. The summed E-state index contributed by atoms with van der Waals surface area (Å²) in [7, 11) is 0. The number of ether oxygens (including phenoxy) is 1. The molecule has 0 atom stereocenters. The zero-order chi connectivity index (χ0) is 19.1. The van der Waals surface area contributed by atoms with Gasteiger partial charge < -0.3 is 9.64 Å². The van der Waals surface area contributed by atoms with Crippen LogP contribution in [0.25, 0.3) is 10.9 Å². The molecular formula is C22H28N2O3. The van der Waals surface area contributed by atoms with E-state index in [1.54, 1.807) is 0 Å². The van der Waals surface area contributed by atoms with Crippen molar-refractivity contribution in [3.63, 3.8) is 0 Å². The third-order valence-corrected chi connectivity index (χ3v) is 5.27. The van der Waals surface area contributed by atoms with Crippen LogP contribution >= 0.6 is 0 Å². The molecule has 1 amide bonds. The third kappa shape index (κ3) is 5.28. The van der Waals surface area contributed by atoms with Crippen molar-refractivity contribution in [3.05, 3.63) is 42.1 Å². The summed E-state index contributed by atoms with van der Waals surface area (Å²) in [5.74, 6) is -0.431. The molecule has 2 aromatic rings. The summed E-state index contributed by atoms with van der Waals surface area (Å²) in [6.07, 6.45) is 6.45. The number of esters is 1. The number of carbonyl (C=O) groups excluding carboxylic acids is 2. The van der Waals surface area contributed by atoms with Gasteiger partial charge in [0.05, 0.1) is 11.9 Å². The van der Waals surface area contributed by atoms with Gasteiger partial charge in [0.25, 0.3) is 5.91 Å². The molecule has 0 bridgehead atoms. The fourth-order valence-corrected chi connectivity index (χ4v) is 3.81. The van der Waals surface area contributed by atoms with Crippen molar-refractivity contribution in [3.8, 4) is 0 Å². The van der Waals surface area contributed by atoms with Crippen molar-refractivity contribution in [1.29, 1.82) is 0 Å². The molecule has 1 aliphatic carbocycles. The molecule has 3 rings (SSSR count). The topological polar surface area (TPSA) is 59.5 Å². The lowest BCUT2D eigenvalue weighted by molar-refractivity contribution is -0.153. The highest BCUT2D eigenvalue weighted by Crippen LogP contribution is 2.22. The summed E-state index contributed by atoms with van der Waals surface area (Å²) >= 11 is 0. The number of carbonyl (C=O) groups is 2. The van der Waals surface area contributed by atoms with E-state index in [1.807, 2.05) is 48.2 Å². The smallest absolute Gasteiger partial charge is 0.306 e. The number of hydrogen-bond acceptors (Lipinski definition) is 4. The lowest BCUT2D eigenvalue weighted by atomic mass is 9.94. The first-order valence-electron chi connectivity index (χ1n) is 9.97. The van der Waals surface area contributed by atoms with Crippen LogP contribution in [0.5, 0.6) is 0 Å². The monoisotopic (exact) mass is 368 g/mol. The Kier molecular flexibility index (Phi) is 6.80. The van der Waals surface area contributed by atoms with E-state index in [1.165, 1.54) is 19.3 Å². The van der Waals surface area contributed by atoms with E-state index < -0.39 is 0 Å². The summed E-state index contributed by atoms with van der Waals surface area (Å²) in [6.45, 7) is 2.50. The van der Waals surface area contributed by atoms with Crippen LogP contribution in [0.4, 0.5) is 0 Å². The van der Waals surface area contributed by atoms with E-state index in [-0.39, 0.29) is 24.9 Å². The lowest BCUT2D eigenvalue weighted by Gasteiger charge is -2.33. The summed E-state index contributed by atoms with van der Waals surface area (Å²) in [6, 6.07) is 12.1. The first kappa shape index (κ1) is 19.3. The molecule has 0 N–H and O–H groups in total. The first-order valence-corrected chi connectivity index (χ1v) is 9.97. The average molecular weight is 368 g/mol. The number of para-hydroxylation sites is 1. The van der Waals surface area contributed by atoms with Gasteiger partial charge in [-0.1, -0.05) is 43.5 Å². The minimum Gasteiger partial charge on any atom is -0.456 e. The molecule has 5 nitrogen and oxygen atoms in total. The van der Waals surface area contributed by atoms with Crippen LogP contribution in [0.2, 0.25) is 0 Å². The second-order valence-corrected chi connectivity index (χ2v) is 7.13. The minimum atomic E-state index is -0.349. The Morgan fingerprint density at radius 2 is 1.89 bits per heavy atom. The summed E-state index contributed by atoms with van der Waals surface area (Å²) in [5, 5.41) is 1.08. The molecule has 0 unspecified atom stereocenters. The molecule has 1 fully saturated rings. The standard InChI is InChI=1S/C22H28N2O3/c1-2-24(19-9-4-3-5-10-19)21(25)16-27-22(26)15-14-18-13-12-17-8-6-7-11-20(17)23-18/h6-8,11-13,19H,2-5,9-10,14-16H2,1H3. The number of nitrogens with zero attached hydrogens (tertiary/aromatic N) is 2. The van der Waals surface area contributed by atoms with E-state index in [2.05, 4.69) is 4.98 Å². The highest BCUT2D eigenvalue weighted by atomic mass is 16.5. The number of hydrogen-bond donors (Lipinski definition) is 0. The van der Waals surface area contributed by atoms with Gasteiger partial charge in [-0.2, -0.15) is 0 Å². The largest absolute Gasteiger partial charge is 0.456 e. The maximum absolute atomic E-state index is 12.4. The third-order valence-electron chi connectivity index (χ3n) is 5.27. The Bertz CT molecular complexity index is 784. The maximum Gasteiger partial charge on any atom is 0.306 e. The first-order chi connectivity index (χ1) is 13.2. The van der Waals surface area contributed by atoms with Gasteiger partial charge in [0.15, 0.2) is 6.61 Å². The Morgan fingerprint density at radius 3 is 2.67 bits per heavy atom. The van der Waals surface area contributed by atoms with Crippen LogP contribution in [-0.4, -0.2) is 41.0 Å². The number of aryl methyl sites for hydroxylation is 1. The summed E-state index contributed by atoms with van der Waals surface area (Å²) < 4.78 is 5.23. The summed E-state index contributed by atoms with van der Waals surface area (Å²) in [4.78, 5) is 30.9. The van der Waals surface area contributed by atoms with E-state index in [9.17, 15) is 9.59 Å². The molecule has 0 aliphatic heterocycles. The van der Waals surface area contributed by atoms with Gasteiger partial charge in [0.2, 0.25) is 0 Å². The molecule has 1 aliphatic rings. The van der Waals surface area contributed by atoms with Crippen LogP contribution < -0.4 is 0 Å².